The van der Waals surface area contributed by atoms with Crippen LogP contribution in [0, 0.1) is 0 Å². The van der Waals surface area contributed by atoms with Gasteiger partial charge in [0.1, 0.15) is 5.25 Å². The number of hydrogen-bond donors (Lipinski definition) is 0. The van der Waals surface area contributed by atoms with Crippen LogP contribution in [0.15, 0.2) is 36.0 Å². The molecule has 0 amide bonds. The Labute approximate surface area is 147 Å². The second-order valence-corrected chi connectivity index (χ2v) is 6.91. The topological polar surface area (TPSA) is 57.0 Å². The van der Waals surface area contributed by atoms with Gasteiger partial charge in [-0.2, -0.15) is 0 Å². The number of carbonyl (C=O) groups is 1. The quantitative estimate of drug-likeness (QED) is 0.591. The molecule has 0 bridgehead atoms. The van der Waals surface area contributed by atoms with Crippen LogP contribution in [0.1, 0.15) is 6.42 Å². The van der Waals surface area contributed by atoms with E-state index in [-0.39, 0.29) is 11.2 Å². The summed E-state index contributed by atoms with van der Waals surface area (Å²) in [7, 11) is 0. The Hall–Kier alpha value is -1.50. The summed E-state index contributed by atoms with van der Waals surface area (Å²) in [6.07, 6.45) is 2.41. The van der Waals surface area contributed by atoms with Crippen molar-refractivity contribution in [1.29, 1.82) is 0 Å². The predicted molar refractivity (Wildman–Crippen MR) is 90.9 cm³/mol. The second-order valence-electron chi connectivity index (χ2n) is 4.89. The number of allylic oxidation sites excluding steroid dienone is 1. The standard InChI is InChI=1S/C15H13Cl2N3O2S/c1-2-6-20-13(10-4-3-9(16)8-11(10)17)18-19-15(20)23-12-5-7-22-14(12)21/h2-4,8,12H,1,5-7H2/t12-/m0/s1. The summed E-state index contributed by atoms with van der Waals surface area (Å²) >= 11 is 13.6. The molecule has 1 aromatic heterocycles. The first-order valence-electron chi connectivity index (χ1n) is 6.93. The lowest BCUT2D eigenvalue weighted by Crippen LogP contribution is -2.11. The molecule has 3 rings (SSSR count). The molecule has 1 aliphatic heterocycles. The van der Waals surface area contributed by atoms with E-state index in [4.69, 9.17) is 27.9 Å². The molecule has 0 radical (unpaired) electrons. The third-order valence-electron chi connectivity index (χ3n) is 3.34. The zero-order valence-electron chi connectivity index (χ0n) is 12.0. The van der Waals surface area contributed by atoms with E-state index in [1.807, 2.05) is 4.57 Å². The fourth-order valence-corrected chi connectivity index (χ4v) is 3.75. The minimum Gasteiger partial charge on any atom is -0.465 e. The van der Waals surface area contributed by atoms with Crippen molar-refractivity contribution in [2.45, 2.75) is 23.4 Å². The Morgan fingerprint density at radius 2 is 2.26 bits per heavy atom. The molecule has 1 fully saturated rings. The molecule has 0 spiro atoms. The lowest BCUT2D eigenvalue weighted by molar-refractivity contribution is -0.137. The van der Waals surface area contributed by atoms with Gasteiger partial charge in [0.15, 0.2) is 11.0 Å². The number of ether oxygens (including phenoxy) is 1. The number of esters is 1. The van der Waals surface area contributed by atoms with Gasteiger partial charge in [-0.25, -0.2) is 0 Å². The summed E-state index contributed by atoms with van der Waals surface area (Å²) in [5.74, 6) is 0.398. The van der Waals surface area contributed by atoms with E-state index in [1.165, 1.54) is 11.8 Å². The van der Waals surface area contributed by atoms with Gasteiger partial charge >= 0.3 is 5.97 Å². The van der Waals surface area contributed by atoms with Crippen LogP contribution in [0.25, 0.3) is 11.4 Å². The highest BCUT2D eigenvalue weighted by Gasteiger charge is 2.30. The van der Waals surface area contributed by atoms with Gasteiger partial charge in [0.2, 0.25) is 0 Å². The Kier molecular flexibility index (Phi) is 4.94. The van der Waals surface area contributed by atoms with Gasteiger partial charge in [-0.1, -0.05) is 41.0 Å². The smallest absolute Gasteiger partial charge is 0.319 e. The van der Waals surface area contributed by atoms with Crippen LogP contribution < -0.4 is 0 Å². The molecule has 0 unspecified atom stereocenters. The van der Waals surface area contributed by atoms with Crippen LogP contribution in [0.4, 0.5) is 0 Å². The number of rotatable bonds is 5. The molecule has 8 heteroatoms. The highest BCUT2D eigenvalue weighted by Crippen LogP contribution is 2.34. The molecule has 1 aromatic carbocycles. The van der Waals surface area contributed by atoms with Gasteiger partial charge in [0.05, 0.1) is 11.6 Å². The fourth-order valence-electron chi connectivity index (χ4n) is 2.25. The van der Waals surface area contributed by atoms with Crippen LogP contribution >= 0.6 is 35.0 Å². The minimum atomic E-state index is -0.253. The van der Waals surface area contributed by atoms with Gasteiger partial charge in [0.25, 0.3) is 0 Å². The summed E-state index contributed by atoms with van der Waals surface area (Å²) in [6.45, 7) is 4.72. The summed E-state index contributed by atoms with van der Waals surface area (Å²) in [5.41, 5.74) is 0.728. The number of carbonyl (C=O) groups excluding carboxylic acids is 1. The SMILES string of the molecule is C=CCn1c(S[C@H]2CCOC2=O)nnc1-c1ccc(Cl)cc1Cl. The van der Waals surface area contributed by atoms with Crippen LogP contribution in [-0.2, 0) is 16.1 Å². The Morgan fingerprint density at radius 1 is 1.43 bits per heavy atom. The molecule has 1 saturated heterocycles. The van der Waals surface area contributed by atoms with E-state index in [0.717, 1.165) is 5.56 Å². The molecule has 23 heavy (non-hydrogen) atoms. The number of aromatic nitrogens is 3. The molecule has 5 nitrogen and oxygen atoms in total. The number of benzene rings is 1. The Balaban J connectivity index is 1.97. The van der Waals surface area contributed by atoms with Crippen molar-refractivity contribution in [3.8, 4) is 11.4 Å². The maximum Gasteiger partial charge on any atom is 0.319 e. The molecule has 1 atom stereocenters. The molecule has 0 aliphatic carbocycles. The van der Waals surface area contributed by atoms with Crippen molar-refractivity contribution in [1.82, 2.24) is 14.8 Å². The Morgan fingerprint density at radius 3 is 2.91 bits per heavy atom. The summed E-state index contributed by atoms with van der Waals surface area (Å²) in [6, 6.07) is 5.20. The van der Waals surface area contributed by atoms with Gasteiger partial charge < -0.3 is 4.74 Å². The summed E-state index contributed by atoms with van der Waals surface area (Å²) < 4.78 is 6.86. The minimum absolute atomic E-state index is 0.214. The molecule has 120 valence electrons. The second kappa shape index (κ2) is 6.95. The van der Waals surface area contributed by atoms with E-state index >= 15 is 0 Å². The van der Waals surface area contributed by atoms with Crippen molar-refractivity contribution in [2.24, 2.45) is 0 Å². The first-order valence-corrected chi connectivity index (χ1v) is 8.56. The Bertz CT molecular complexity index is 763. The monoisotopic (exact) mass is 369 g/mol. The first kappa shape index (κ1) is 16.4. The molecule has 2 heterocycles. The van der Waals surface area contributed by atoms with E-state index < -0.39 is 0 Å². The van der Waals surface area contributed by atoms with Crippen LogP contribution in [0.5, 0.6) is 0 Å². The van der Waals surface area contributed by atoms with Crippen LogP contribution in [-0.4, -0.2) is 32.6 Å². The maximum atomic E-state index is 11.7. The fraction of sp³-hybridized carbons (Fsp3) is 0.267. The molecule has 1 aliphatic rings. The molecular weight excluding hydrogens is 357 g/mol. The van der Waals surface area contributed by atoms with Crippen molar-refractivity contribution in [3.63, 3.8) is 0 Å². The van der Waals surface area contributed by atoms with Crippen LogP contribution in [0.2, 0.25) is 10.0 Å². The average molecular weight is 370 g/mol. The zero-order valence-corrected chi connectivity index (χ0v) is 14.4. The van der Waals surface area contributed by atoms with Gasteiger partial charge in [-0.15, -0.1) is 16.8 Å². The van der Waals surface area contributed by atoms with E-state index in [2.05, 4.69) is 16.8 Å². The van der Waals surface area contributed by atoms with E-state index in [9.17, 15) is 4.79 Å². The van der Waals surface area contributed by atoms with Gasteiger partial charge in [-0.05, 0) is 18.2 Å². The third kappa shape index (κ3) is 3.39. The van der Waals surface area contributed by atoms with Crippen LogP contribution in [0.3, 0.4) is 0 Å². The lowest BCUT2D eigenvalue weighted by Gasteiger charge is -2.10. The number of cyclic esters (lactones) is 1. The van der Waals surface area contributed by atoms with Gasteiger partial charge in [0, 0.05) is 23.6 Å². The highest BCUT2D eigenvalue weighted by molar-refractivity contribution is 8.00. The van der Waals surface area contributed by atoms with E-state index in [1.54, 1.807) is 24.3 Å². The van der Waals surface area contributed by atoms with Crippen molar-refractivity contribution in [3.05, 3.63) is 40.9 Å². The predicted octanol–water partition coefficient (Wildman–Crippen LogP) is 3.85. The number of nitrogens with zero attached hydrogens (tertiary/aromatic N) is 3. The van der Waals surface area contributed by atoms with E-state index in [0.29, 0.717) is 40.6 Å². The first-order chi connectivity index (χ1) is 11.1. The van der Waals surface area contributed by atoms with Crippen molar-refractivity contribution >= 4 is 40.9 Å². The number of hydrogen-bond acceptors (Lipinski definition) is 5. The molecule has 0 N–H and O–H groups in total. The number of thioether (sulfide) groups is 1. The largest absolute Gasteiger partial charge is 0.465 e. The third-order valence-corrected chi connectivity index (χ3v) is 5.11. The lowest BCUT2D eigenvalue weighted by atomic mass is 10.2. The summed E-state index contributed by atoms with van der Waals surface area (Å²) in [5, 5.41) is 9.85. The zero-order chi connectivity index (χ0) is 16.4. The molecule has 0 saturated carbocycles. The van der Waals surface area contributed by atoms with Gasteiger partial charge in [-0.3, -0.25) is 9.36 Å². The normalized spacial score (nSPS) is 17.3. The summed E-state index contributed by atoms with van der Waals surface area (Å²) in [4.78, 5) is 11.7. The van der Waals surface area contributed by atoms with Crippen molar-refractivity contribution in [2.75, 3.05) is 6.61 Å². The van der Waals surface area contributed by atoms with Crippen molar-refractivity contribution < 1.29 is 9.53 Å². The molecule has 2 aromatic rings. The highest BCUT2D eigenvalue weighted by atomic mass is 35.5. The average Bonchev–Trinajstić information content (AvgIpc) is 3.08. The maximum absolute atomic E-state index is 11.7. The number of halogens is 2. The molecular formula is C15H13Cl2N3O2S.